The van der Waals surface area contributed by atoms with Gasteiger partial charge in [-0.2, -0.15) is 5.10 Å². The van der Waals surface area contributed by atoms with Crippen molar-refractivity contribution >= 4 is 22.9 Å². The van der Waals surface area contributed by atoms with Crippen LogP contribution in [0.3, 0.4) is 0 Å². The van der Waals surface area contributed by atoms with Crippen molar-refractivity contribution in [2.24, 2.45) is 4.99 Å². The highest BCUT2D eigenvalue weighted by Crippen LogP contribution is 2.39. The number of benzene rings is 3. The molecule has 0 amide bonds. The molecule has 5 rings (SSSR count). The minimum Gasteiger partial charge on any atom is -0.493 e. The Morgan fingerprint density at radius 3 is 2.45 bits per heavy atom. The smallest absolute Gasteiger partial charge is 0.163 e. The SMILES string of the molecule is COc1ccc(-c2c(C)nn(-c3ccccc3)c2/N=C/c2c[nH]c3ccccc23)cc1OC. The molecule has 0 saturated heterocycles. The summed E-state index contributed by atoms with van der Waals surface area (Å²) in [5.41, 5.74) is 5.80. The highest BCUT2D eigenvalue weighted by molar-refractivity contribution is 6.00. The van der Waals surface area contributed by atoms with Crippen molar-refractivity contribution in [3.63, 3.8) is 0 Å². The van der Waals surface area contributed by atoms with E-state index in [1.165, 1.54) is 0 Å². The minimum atomic E-state index is 0.661. The van der Waals surface area contributed by atoms with Gasteiger partial charge < -0.3 is 14.5 Å². The molecule has 0 atom stereocenters. The third-order valence-electron chi connectivity index (χ3n) is 5.66. The summed E-state index contributed by atoms with van der Waals surface area (Å²) in [6.07, 6.45) is 3.86. The summed E-state index contributed by atoms with van der Waals surface area (Å²) < 4.78 is 12.8. The van der Waals surface area contributed by atoms with Crippen LogP contribution in [-0.2, 0) is 0 Å². The standard InChI is InChI=1S/C27H24N4O2/c1-18-26(19-13-14-24(32-2)25(15-19)33-3)27(31(30-18)21-9-5-4-6-10-21)29-17-20-16-28-23-12-8-7-11-22(20)23/h4-17,28H,1-3H3/b29-17+. The lowest BCUT2D eigenvalue weighted by molar-refractivity contribution is 0.355. The molecule has 6 heteroatoms. The van der Waals surface area contributed by atoms with Crippen LogP contribution < -0.4 is 9.47 Å². The number of methoxy groups -OCH3 is 2. The third-order valence-corrected chi connectivity index (χ3v) is 5.66. The van der Waals surface area contributed by atoms with Gasteiger partial charge in [-0.1, -0.05) is 42.5 Å². The lowest BCUT2D eigenvalue weighted by atomic mass is 10.0. The Labute approximate surface area is 192 Å². The van der Waals surface area contributed by atoms with E-state index in [0.29, 0.717) is 11.5 Å². The molecule has 0 unspecified atom stereocenters. The first-order chi connectivity index (χ1) is 16.2. The number of para-hydroxylation sites is 2. The Hall–Kier alpha value is -4.32. The van der Waals surface area contributed by atoms with Crippen LogP contribution in [-0.4, -0.2) is 35.2 Å². The quantitative estimate of drug-likeness (QED) is 0.327. The van der Waals surface area contributed by atoms with Gasteiger partial charge in [0, 0.05) is 34.4 Å². The van der Waals surface area contributed by atoms with E-state index in [1.54, 1.807) is 14.2 Å². The summed E-state index contributed by atoms with van der Waals surface area (Å²) in [5, 5.41) is 5.96. The monoisotopic (exact) mass is 436 g/mol. The molecule has 0 bridgehead atoms. The van der Waals surface area contributed by atoms with Crippen molar-refractivity contribution < 1.29 is 9.47 Å². The van der Waals surface area contributed by atoms with Gasteiger partial charge >= 0.3 is 0 Å². The zero-order valence-electron chi connectivity index (χ0n) is 18.7. The van der Waals surface area contributed by atoms with Crippen LogP contribution in [0.2, 0.25) is 0 Å². The largest absolute Gasteiger partial charge is 0.493 e. The van der Waals surface area contributed by atoms with Crippen LogP contribution in [0.4, 0.5) is 5.82 Å². The van der Waals surface area contributed by atoms with Gasteiger partial charge in [-0.3, -0.25) is 0 Å². The number of aryl methyl sites for hydroxylation is 1. The molecular formula is C27H24N4O2. The van der Waals surface area contributed by atoms with Gasteiger partial charge in [0.1, 0.15) is 0 Å². The highest BCUT2D eigenvalue weighted by atomic mass is 16.5. The molecule has 0 spiro atoms. The summed E-state index contributed by atoms with van der Waals surface area (Å²) >= 11 is 0. The molecule has 164 valence electrons. The Morgan fingerprint density at radius 1 is 0.909 bits per heavy atom. The molecule has 0 fully saturated rings. The molecule has 0 radical (unpaired) electrons. The van der Waals surface area contributed by atoms with E-state index in [9.17, 15) is 0 Å². The van der Waals surface area contributed by atoms with Crippen LogP contribution in [0.1, 0.15) is 11.3 Å². The normalized spacial score (nSPS) is 11.4. The minimum absolute atomic E-state index is 0.661. The number of ether oxygens (including phenoxy) is 2. The number of fused-ring (bicyclic) bond motifs is 1. The molecule has 6 nitrogen and oxygen atoms in total. The van der Waals surface area contributed by atoms with Crippen LogP contribution in [0, 0.1) is 6.92 Å². The van der Waals surface area contributed by atoms with Gasteiger partial charge in [0.15, 0.2) is 17.3 Å². The van der Waals surface area contributed by atoms with Crippen LogP contribution in [0.15, 0.2) is 84.0 Å². The number of aliphatic imine (C=N–C) groups is 1. The maximum Gasteiger partial charge on any atom is 0.163 e. The van der Waals surface area contributed by atoms with Crippen LogP contribution in [0.5, 0.6) is 11.5 Å². The van der Waals surface area contributed by atoms with Crippen molar-refractivity contribution in [3.8, 4) is 28.3 Å². The average Bonchev–Trinajstić information content (AvgIpc) is 3.43. The van der Waals surface area contributed by atoms with Gasteiger partial charge in [0.2, 0.25) is 0 Å². The fourth-order valence-corrected chi connectivity index (χ4v) is 4.04. The van der Waals surface area contributed by atoms with E-state index in [0.717, 1.165) is 44.8 Å². The molecule has 0 saturated carbocycles. The maximum absolute atomic E-state index is 5.54. The van der Waals surface area contributed by atoms with Crippen molar-refractivity contribution in [2.45, 2.75) is 6.92 Å². The molecule has 2 heterocycles. The molecule has 5 aromatic rings. The second-order valence-corrected chi connectivity index (χ2v) is 7.65. The van der Waals surface area contributed by atoms with Crippen LogP contribution >= 0.6 is 0 Å². The second-order valence-electron chi connectivity index (χ2n) is 7.65. The topological polar surface area (TPSA) is 64.4 Å². The van der Waals surface area contributed by atoms with Crippen molar-refractivity contribution in [2.75, 3.05) is 14.2 Å². The highest BCUT2D eigenvalue weighted by Gasteiger charge is 2.19. The third kappa shape index (κ3) is 3.76. The molecule has 0 aliphatic rings. The predicted octanol–water partition coefficient (Wildman–Crippen LogP) is 6.10. The Morgan fingerprint density at radius 2 is 1.67 bits per heavy atom. The van der Waals surface area contributed by atoms with E-state index in [1.807, 2.05) is 84.7 Å². The number of hydrogen-bond acceptors (Lipinski definition) is 4. The zero-order valence-corrected chi connectivity index (χ0v) is 18.7. The summed E-state index contributed by atoms with van der Waals surface area (Å²) in [5.74, 6) is 2.09. The summed E-state index contributed by atoms with van der Waals surface area (Å²) in [6, 6.07) is 24.1. The summed E-state index contributed by atoms with van der Waals surface area (Å²) in [7, 11) is 3.27. The van der Waals surface area contributed by atoms with Gasteiger partial charge in [-0.05, 0) is 42.8 Å². The zero-order chi connectivity index (χ0) is 22.8. The van der Waals surface area contributed by atoms with Gasteiger partial charge in [-0.15, -0.1) is 0 Å². The molecule has 0 aliphatic carbocycles. The first-order valence-corrected chi connectivity index (χ1v) is 10.7. The second kappa shape index (κ2) is 8.67. The molecule has 0 aliphatic heterocycles. The molecule has 3 aromatic carbocycles. The van der Waals surface area contributed by atoms with E-state index in [4.69, 9.17) is 19.6 Å². The summed E-state index contributed by atoms with van der Waals surface area (Å²) in [4.78, 5) is 8.26. The number of nitrogens with one attached hydrogen (secondary N) is 1. The number of hydrogen-bond donors (Lipinski definition) is 1. The fourth-order valence-electron chi connectivity index (χ4n) is 4.04. The van der Waals surface area contributed by atoms with Crippen molar-refractivity contribution in [1.82, 2.24) is 14.8 Å². The molecule has 2 aromatic heterocycles. The fraction of sp³-hybridized carbons (Fsp3) is 0.111. The number of aromatic amines is 1. The lowest BCUT2D eigenvalue weighted by Crippen LogP contribution is -1.96. The number of aromatic nitrogens is 3. The van der Waals surface area contributed by atoms with E-state index in [2.05, 4.69) is 17.1 Å². The summed E-state index contributed by atoms with van der Waals surface area (Å²) in [6.45, 7) is 2.00. The predicted molar refractivity (Wildman–Crippen MR) is 132 cm³/mol. The molecular weight excluding hydrogens is 412 g/mol. The van der Waals surface area contributed by atoms with E-state index in [-0.39, 0.29) is 0 Å². The van der Waals surface area contributed by atoms with Gasteiger partial charge in [0.25, 0.3) is 0 Å². The maximum atomic E-state index is 5.54. The molecule has 1 N–H and O–H groups in total. The Balaban J connectivity index is 1.69. The Bertz CT molecular complexity index is 1450. The number of rotatable bonds is 6. The van der Waals surface area contributed by atoms with Crippen molar-refractivity contribution in [3.05, 3.63) is 90.3 Å². The molecule has 33 heavy (non-hydrogen) atoms. The van der Waals surface area contributed by atoms with Gasteiger partial charge in [0.05, 0.1) is 25.6 Å². The number of nitrogens with zero attached hydrogens (tertiary/aromatic N) is 3. The average molecular weight is 437 g/mol. The number of H-pyrrole nitrogens is 1. The van der Waals surface area contributed by atoms with E-state index < -0.39 is 0 Å². The van der Waals surface area contributed by atoms with Crippen molar-refractivity contribution in [1.29, 1.82) is 0 Å². The Kier molecular flexibility index (Phi) is 5.40. The van der Waals surface area contributed by atoms with E-state index >= 15 is 0 Å². The van der Waals surface area contributed by atoms with Crippen LogP contribution in [0.25, 0.3) is 27.7 Å². The van der Waals surface area contributed by atoms with Gasteiger partial charge in [-0.25, -0.2) is 9.67 Å². The first kappa shape index (κ1) is 20.6. The first-order valence-electron chi connectivity index (χ1n) is 10.7. The lowest BCUT2D eigenvalue weighted by Gasteiger charge is -2.10.